The third-order valence-electron chi connectivity index (χ3n) is 1.32. The van der Waals surface area contributed by atoms with Crippen LogP contribution in [0.15, 0.2) is 4.99 Å². The molecule has 0 N–H and O–H groups in total. The molecule has 1 atom stereocenters. The van der Waals surface area contributed by atoms with Crippen molar-refractivity contribution in [3.8, 4) is 0 Å². The van der Waals surface area contributed by atoms with E-state index >= 15 is 0 Å². The molecule has 11 heavy (non-hydrogen) atoms. The van der Waals surface area contributed by atoms with Crippen molar-refractivity contribution in [2.75, 3.05) is 0 Å². The number of nitrogens with zero attached hydrogens (tertiary/aromatic N) is 1. The number of hydrogen-bond acceptors (Lipinski definition) is 5. The highest BCUT2D eigenvalue weighted by molar-refractivity contribution is 5.91. The maximum Gasteiger partial charge on any atom is 0.339 e. The van der Waals surface area contributed by atoms with E-state index in [9.17, 15) is 14.4 Å². The molecule has 1 fully saturated rings. The second kappa shape index (κ2) is 3.07. The number of aliphatic imine (C=N–C) groups is 1. The number of isocyanates is 1. The molecule has 5 heteroatoms. The molecule has 0 bridgehead atoms. The monoisotopic (exact) mass is 155 g/mol. The van der Waals surface area contributed by atoms with Crippen LogP contribution < -0.4 is 0 Å². The number of hydrogen-bond donors (Lipinski definition) is 0. The molecule has 1 aliphatic heterocycles. The van der Waals surface area contributed by atoms with Gasteiger partial charge >= 0.3 is 11.9 Å². The number of rotatable bonds is 1. The van der Waals surface area contributed by atoms with Crippen LogP contribution >= 0.6 is 0 Å². The van der Waals surface area contributed by atoms with Crippen molar-refractivity contribution in [1.29, 1.82) is 0 Å². The highest BCUT2D eigenvalue weighted by atomic mass is 16.6. The topological polar surface area (TPSA) is 72.8 Å². The summed E-state index contributed by atoms with van der Waals surface area (Å²) in [4.78, 5) is 34.0. The molecule has 0 aromatic carbocycles. The van der Waals surface area contributed by atoms with Crippen molar-refractivity contribution in [1.82, 2.24) is 0 Å². The minimum atomic E-state index is -0.829. The van der Waals surface area contributed by atoms with Gasteiger partial charge < -0.3 is 4.74 Å². The van der Waals surface area contributed by atoms with Crippen LogP contribution in [0.2, 0.25) is 0 Å². The second-order valence-corrected chi connectivity index (χ2v) is 2.07. The number of cyclic esters (lactones) is 2. The zero-order chi connectivity index (χ0) is 8.27. The summed E-state index contributed by atoms with van der Waals surface area (Å²) in [6.45, 7) is 0. The molecule has 0 radical (unpaired) electrons. The Morgan fingerprint density at radius 1 is 1.55 bits per heavy atom. The second-order valence-electron chi connectivity index (χ2n) is 2.07. The SMILES string of the molecule is O=C=N[C@H]1CCC(=O)OC1=O. The molecule has 1 rings (SSSR count). The molecule has 0 spiro atoms. The van der Waals surface area contributed by atoms with E-state index in [4.69, 9.17) is 0 Å². The van der Waals surface area contributed by atoms with Gasteiger partial charge in [-0.1, -0.05) is 0 Å². The van der Waals surface area contributed by atoms with Gasteiger partial charge in [-0.05, 0) is 6.42 Å². The van der Waals surface area contributed by atoms with Crippen molar-refractivity contribution in [2.45, 2.75) is 18.9 Å². The summed E-state index contributed by atoms with van der Waals surface area (Å²) in [6.07, 6.45) is 1.62. The van der Waals surface area contributed by atoms with Gasteiger partial charge in [0.2, 0.25) is 6.08 Å². The molecule has 1 saturated heterocycles. The largest absolute Gasteiger partial charge is 0.392 e. The fourth-order valence-corrected chi connectivity index (χ4v) is 0.785. The first-order chi connectivity index (χ1) is 5.24. The Bertz CT molecular complexity index is 241. The van der Waals surface area contributed by atoms with E-state index in [0.717, 1.165) is 0 Å². The van der Waals surface area contributed by atoms with Crippen LogP contribution in [0.4, 0.5) is 0 Å². The van der Waals surface area contributed by atoms with Crippen molar-refractivity contribution in [3.63, 3.8) is 0 Å². The first kappa shape index (κ1) is 7.63. The van der Waals surface area contributed by atoms with Gasteiger partial charge in [-0.15, -0.1) is 0 Å². The van der Waals surface area contributed by atoms with Gasteiger partial charge in [-0.2, -0.15) is 4.99 Å². The zero-order valence-corrected chi connectivity index (χ0v) is 5.57. The van der Waals surface area contributed by atoms with Gasteiger partial charge in [0.05, 0.1) is 0 Å². The maximum atomic E-state index is 10.7. The molecule has 1 aliphatic rings. The Morgan fingerprint density at radius 3 is 2.82 bits per heavy atom. The van der Waals surface area contributed by atoms with E-state index in [-0.39, 0.29) is 12.8 Å². The molecular weight excluding hydrogens is 150 g/mol. The van der Waals surface area contributed by atoms with E-state index in [0.29, 0.717) is 0 Å². The lowest BCUT2D eigenvalue weighted by Crippen LogP contribution is -2.30. The highest BCUT2D eigenvalue weighted by Gasteiger charge is 2.28. The van der Waals surface area contributed by atoms with E-state index in [2.05, 4.69) is 9.73 Å². The van der Waals surface area contributed by atoms with Crippen LogP contribution in [0.25, 0.3) is 0 Å². The summed E-state index contributed by atoms with van der Waals surface area (Å²) in [6, 6.07) is -0.829. The number of esters is 2. The molecule has 0 aliphatic carbocycles. The van der Waals surface area contributed by atoms with Crippen LogP contribution in [0.5, 0.6) is 0 Å². The fourth-order valence-electron chi connectivity index (χ4n) is 0.785. The quantitative estimate of drug-likeness (QED) is 0.222. The smallest absolute Gasteiger partial charge is 0.339 e. The lowest BCUT2D eigenvalue weighted by molar-refractivity contribution is -0.164. The third kappa shape index (κ3) is 1.72. The Labute approximate surface area is 62.1 Å². The van der Waals surface area contributed by atoms with Gasteiger partial charge in [-0.25, -0.2) is 9.59 Å². The molecule has 0 amide bonds. The maximum absolute atomic E-state index is 10.7. The molecule has 0 aromatic heterocycles. The first-order valence-electron chi connectivity index (χ1n) is 3.05. The Hall–Kier alpha value is -1.48. The van der Waals surface area contributed by atoms with Crippen molar-refractivity contribution in [2.24, 2.45) is 4.99 Å². The predicted octanol–water partition coefficient (Wildman–Crippen LogP) is -0.446. The van der Waals surface area contributed by atoms with Crippen LogP contribution in [0, 0.1) is 0 Å². The Morgan fingerprint density at radius 2 is 2.27 bits per heavy atom. The van der Waals surface area contributed by atoms with E-state index in [1.807, 2.05) is 0 Å². The summed E-state index contributed by atoms with van der Waals surface area (Å²) in [7, 11) is 0. The molecule has 1 heterocycles. The average Bonchev–Trinajstić information content (AvgIpc) is 1.95. The standard InChI is InChI=1S/C6H5NO4/c8-3-7-4-1-2-5(9)11-6(4)10/h4H,1-2H2/t4-/m0/s1. The highest BCUT2D eigenvalue weighted by Crippen LogP contribution is 2.11. The minimum Gasteiger partial charge on any atom is -0.392 e. The van der Waals surface area contributed by atoms with Crippen LogP contribution in [-0.4, -0.2) is 24.1 Å². The molecule has 0 saturated carbocycles. The predicted molar refractivity (Wildman–Crippen MR) is 32.2 cm³/mol. The average molecular weight is 155 g/mol. The van der Waals surface area contributed by atoms with Crippen LogP contribution in [0.3, 0.4) is 0 Å². The summed E-state index contributed by atoms with van der Waals surface area (Å²) in [5.41, 5.74) is 0. The number of carbonyl (C=O) groups is 2. The summed E-state index contributed by atoms with van der Waals surface area (Å²) in [5.74, 6) is -1.32. The van der Waals surface area contributed by atoms with Crippen molar-refractivity contribution < 1.29 is 19.1 Å². The Balaban J connectivity index is 2.64. The fraction of sp³-hybridized carbons (Fsp3) is 0.500. The van der Waals surface area contributed by atoms with Crippen molar-refractivity contribution in [3.05, 3.63) is 0 Å². The first-order valence-corrected chi connectivity index (χ1v) is 3.05. The lowest BCUT2D eigenvalue weighted by atomic mass is 10.1. The number of ether oxygens (including phenoxy) is 1. The third-order valence-corrected chi connectivity index (χ3v) is 1.32. The summed E-state index contributed by atoms with van der Waals surface area (Å²) >= 11 is 0. The normalized spacial score (nSPS) is 23.8. The zero-order valence-electron chi connectivity index (χ0n) is 5.57. The van der Waals surface area contributed by atoms with E-state index in [1.165, 1.54) is 6.08 Å². The van der Waals surface area contributed by atoms with E-state index < -0.39 is 18.0 Å². The molecule has 5 nitrogen and oxygen atoms in total. The van der Waals surface area contributed by atoms with Gasteiger partial charge in [0.1, 0.15) is 0 Å². The number of carbonyl (C=O) groups excluding carboxylic acids is 3. The van der Waals surface area contributed by atoms with E-state index in [1.54, 1.807) is 0 Å². The molecule has 0 aromatic rings. The lowest BCUT2D eigenvalue weighted by Gasteiger charge is -2.13. The van der Waals surface area contributed by atoms with Gasteiger partial charge in [0, 0.05) is 6.42 Å². The van der Waals surface area contributed by atoms with Gasteiger partial charge in [-0.3, -0.25) is 4.79 Å². The molecule has 0 unspecified atom stereocenters. The summed E-state index contributed by atoms with van der Waals surface area (Å²) < 4.78 is 4.20. The Kier molecular flexibility index (Phi) is 2.13. The summed E-state index contributed by atoms with van der Waals surface area (Å²) in [5, 5.41) is 0. The van der Waals surface area contributed by atoms with Gasteiger partial charge in [0.15, 0.2) is 6.04 Å². The molecular formula is C6H5NO4. The van der Waals surface area contributed by atoms with Crippen LogP contribution in [0.1, 0.15) is 12.8 Å². The van der Waals surface area contributed by atoms with Crippen molar-refractivity contribution >= 4 is 18.0 Å². The van der Waals surface area contributed by atoms with Crippen LogP contribution in [-0.2, 0) is 19.1 Å². The van der Waals surface area contributed by atoms with Gasteiger partial charge in [0.25, 0.3) is 0 Å². The molecule has 58 valence electrons. The minimum absolute atomic E-state index is 0.127.